The maximum Gasteiger partial charge on any atom is 0.178 e. The van der Waals surface area contributed by atoms with Gasteiger partial charge in [0.25, 0.3) is 0 Å². The van der Waals surface area contributed by atoms with Gasteiger partial charge in [-0.2, -0.15) is 10.2 Å². The molecule has 2 aliphatic rings. The molecule has 1 saturated carbocycles. The van der Waals surface area contributed by atoms with Crippen LogP contribution in [0.4, 0.5) is 11.5 Å². The second kappa shape index (κ2) is 7.44. The lowest BCUT2D eigenvalue weighted by atomic mass is 9.76. The summed E-state index contributed by atoms with van der Waals surface area (Å²) < 4.78 is 9.15. The zero-order valence-corrected chi connectivity index (χ0v) is 16.3. The van der Waals surface area contributed by atoms with Crippen molar-refractivity contribution in [1.29, 1.82) is 0 Å². The molecule has 0 radical (unpaired) electrons. The number of allylic oxidation sites excluding steroid dienone is 1. The Labute approximate surface area is 168 Å². The molecule has 0 saturated heterocycles. The standard InChI is InChI=1S/C21H24N6O2/c1-2-19(28)15-5-3-4-14(8-15)16-9-18(21-22-12-23-26(21)11-16)24-20-10-17-6-7-29-13-27(17)25-20/h2,9-12,14-15H,1,3-8,13H2,(H,24,25)/t14-,15?/m0/s1. The van der Waals surface area contributed by atoms with Crippen molar-refractivity contribution in [3.05, 3.63) is 48.6 Å². The van der Waals surface area contributed by atoms with Crippen LogP contribution in [-0.2, 0) is 22.7 Å². The number of fused-ring (bicyclic) bond motifs is 2. The Balaban J connectivity index is 1.46. The minimum atomic E-state index is 0.0639. The summed E-state index contributed by atoms with van der Waals surface area (Å²) >= 11 is 0. The second-order valence-electron chi connectivity index (χ2n) is 7.82. The van der Waals surface area contributed by atoms with E-state index in [4.69, 9.17) is 4.74 Å². The van der Waals surface area contributed by atoms with E-state index in [9.17, 15) is 4.79 Å². The molecule has 1 fully saturated rings. The number of rotatable bonds is 5. The quantitative estimate of drug-likeness (QED) is 0.671. The number of ether oxygens (including phenoxy) is 1. The molecule has 0 aromatic carbocycles. The number of nitrogens with zero attached hydrogens (tertiary/aromatic N) is 5. The summed E-state index contributed by atoms with van der Waals surface area (Å²) in [5.41, 5.74) is 3.95. The summed E-state index contributed by atoms with van der Waals surface area (Å²) in [6, 6.07) is 4.19. The summed E-state index contributed by atoms with van der Waals surface area (Å²) in [6.07, 6.45) is 9.81. The number of carbonyl (C=O) groups is 1. The van der Waals surface area contributed by atoms with Crippen molar-refractivity contribution in [2.75, 3.05) is 11.9 Å². The zero-order chi connectivity index (χ0) is 19.8. The maximum atomic E-state index is 12.1. The van der Waals surface area contributed by atoms with Crippen LogP contribution in [0.25, 0.3) is 5.65 Å². The molecule has 1 unspecified atom stereocenters. The van der Waals surface area contributed by atoms with Gasteiger partial charge < -0.3 is 10.1 Å². The molecule has 0 bridgehead atoms. The molecule has 3 aromatic heterocycles. The third kappa shape index (κ3) is 3.44. The predicted molar refractivity (Wildman–Crippen MR) is 108 cm³/mol. The highest BCUT2D eigenvalue weighted by atomic mass is 16.5. The predicted octanol–water partition coefficient (Wildman–Crippen LogP) is 3.23. The number of ketones is 1. The largest absolute Gasteiger partial charge is 0.359 e. The summed E-state index contributed by atoms with van der Waals surface area (Å²) in [5.74, 6) is 1.31. The van der Waals surface area contributed by atoms with Gasteiger partial charge in [0, 0.05) is 30.3 Å². The van der Waals surface area contributed by atoms with Crippen molar-refractivity contribution >= 4 is 22.9 Å². The van der Waals surface area contributed by atoms with Crippen LogP contribution in [0.5, 0.6) is 0 Å². The SMILES string of the molecule is C=CC(=O)C1CCC[C@H](c2cc(Nc3cc4n(n3)COCC4)c3ncnn3c2)C1. The molecule has 1 aliphatic carbocycles. The Kier molecular flexibility index (Phi) is 4.63. The topological polar surface area (TPSA) is 86.3 Å². The Morgan fingerprint density at radius 1 is 1.34 bits per heavy atom. The monoisotopic (exact) mass is 392 g/mol. The average Bonchev–Trinajstić information content (AvgIpc) is 3.39. The fourth-order valence-corrected chi connectivity index (χ4v) is 4.48. The van der Waals surface area contributed by atoms with Gasteiger partial charge in [-0.05, 0) is 42.9 Å². The van der Waals surface area contributed by atoms with Crippen LogP contribution in [0, 0.1) is 5.92 Å². The number of nitrogens with one attached hydrogen (secondary N) is 1. The fourth-order valence-electron chi connectivity index (χ4n) is 4.48. The van der Waals surface area contributed by atoms with Gasteiger partial charge in [0.2, 0.25) is 0 Å². The Morgan fingerprint density at radius 2 is 2.28 bits per heavy atom. The molecule has 150 valence electrons. The number of pyridine rings is 1. The van der Waals surface area contributed by atoms with E-state index in [0.29, 0.717) is 12.6 Å². The lowest BCUT2D eigenvalue weighted by Crippen LogP contribution is -2.21. The third-order valence-corrected chi connectivity index (χ3v) is 5.99. The fraction of sp³-hybridized carbons (Fsp3) is 0.429. The minimum Gasteiger partial charge on any atom is -0.359 e. The molecular weight excluding hydrogens is 368 g/mol. The normalized spacial score (nSPS) is 21.7. The lowest BCUT2D eigenvalue weighted by molar-refractivity contribution is -0.119. The van der Waals surface area contributed by atoms with E-state index in [-0.39, 0.29) is 11.7 Å². The van der Waals surface area contributed by atoms with E-state index in [1.807, 2.05) is 10.9 Å². The molecule has 0 spiro atoms. The van der Waals surface area contributed by atoms with Crippen molar-refractivity contribution in [2.24, 2.45) is 5.92 Å². The number of hydrogen-bond donors (Lipinski definition) is 1. The second-order valence-corrected chi connectivity index (χ2v) is 7.82. The first-order valence-corrected chi connectivity index (χ1v) is 10.1. The van der Waals surface area contributed by atoms with Gasteiger partial charge in [0.1, 0.15) is 13.1 Å². The van der Waals surface area contributed by atoms with E-state index in [1.165, 1.54) is 11.6 Å². The summed E-state index contributed by atoms with van der Waals surface area (Å²) in [5, 5.41) is 12.4. The van der Waals surface area contributed by atoms with Gasteiger partial charge in [-0.15, -0.1) is 0 Å². The van der Waals surface area contributed by atoms with Gasteiger partial charge in [0.05, 0.1) is 12.3 Å². The molecular formula is C21H24N6O2. The van der Waals surface area contributed by atoms with E-state index in [1.54, 1.807) is 10.8 Å². The van der Waals surface area contributed by atoms with Crippen molar-refractivity contribution in [1.82, 2.24) is 24.4 Å². The molecule has 29 heavy (non-hydrogen) atoms. The zero-order valence-electron chi connectivity index (χ0n) is 16.3. The van der Waals surface area contributed by atoms with E-state index in [2.05, 4.69) is 39.2 Å². The van der Waals surface area contributed by atoms with Crippen LogP contribution < -0.4 is 5.32 Å². The first-order chi connectivity index (χ1) is 14.2. The maximum absolute atomic E-state index is 12.1. The van der Waals surface area contributed by atoms with Crippen LogP contribution >= 0.6 is 0 Å². The summed E-state index contributed by atoms with van der Waals surface area (Å²) in [4.78, 5) is 16.5. The Hall–Kier alpha value is -3.00. The van der Waals surface area contributed by atoms with E-state index in [0.717, 1.165) is 61.6 Å². The number of carbonyl (C=O) groups excluding carboxylic acids is 1. The minimum absolute atomic E-state index is 0.0639. The summed E-state index contributed by atoms with van der Waals surface area (Å²) in [6.45, 7) is 4.86. The van der Waals surface area contributed by atoms with Crippen LogP contribution in [0.3, 0.4) is 0 Å². The van der Waals surface area contributed by atoms with Crippen LogP contribution in [0.15, 0.2) is 37.3 Å². The van der Waals surface area contributed by atoms with Gasteiger partial charge in [-0.25, -0.2) is 14.2 Å². The highest BCUT2D eigenvalue weighted by molar-refractivity contribution is 5.91. The van der Waals surface area contributed by atoms with Crippen molar-refractivity contribution < 1.29 is 9.53 Å². The van der Waals surface area contributed by atoms with E-state index < -0.39 is 0 Å². The number of aromatic nitrogens is 5. The van der Waals surface area contributed by atoms with E-state index >= 15 is 0 Å². The molecule has 5 rings (SSSR count). The molecule has 2 atom stereocenters. The van der Waals surface area contributed by atoms with Crippen LogP contribution in [-0.4, -0.2) is 36.8 Å². The summed E-state index contributed by atoms with van der Waals surface area (Å²) in [7, 11) is 0. The van der Waals surface area contributed by atoms with Gasteiger partial charge in [-0.3, -0.25) is 4.79 Å². The first kappa shape index (κ1) is 18.1. The molecule has 4 heterocycles. The Bertz CT molecular complexity index is 1040. The molecule has 8 nitrogen and oxygen atoms in total. The lowest BCUT2D eigenvalue weighted by Gasteiger charge is -2.28. The number of anilines is 2. The number of hydrogen-bond acceptors (Lipinski definition) is 6. The van der Waals surface area contributed by atoms with Gasteiger partial charge in [-0.1, -0.05) is 13.0 Å². The van der Waals surface area contributed by atoms with Crippen LogP contribution in [0.2, 0.25) is 0 Å². The molecule has 1 aliphatic heterocycles. The third-order valence-electron chi connectivity index (χ3n) is 5.99. The molecule has 0 amide bonds. The van der Waals surface area contributed by atoms with Crippen molar-refractivity contribution in [3.63, 3.8) is 0 Å². The van der Waals surface area contributed by atoms with Crippen molar-refractivity contribution in [2.45, 2.75) is 44.8 Å². The van der Waals surface area contributed by atoms with Crippen LogP contribution in [0.1, 0.15) is 42.9 Å². The first-order valence-electron chi connectivity index (χ1n) is 10.1. The van der Waals surface area contributed by atoms with Gasteiger partial charge >= 0.3 is 0 Å². The Morgan fingerprint density at radius 3 is 3.14 bits per heavy atom. The average molecular weight is 392 g/mol. The molecule has 3 aromatic rings. The molecule has 1 N–H and O–H groups in total. The van der Waals surface area contributed by atoms with Gasteiger partial charge in [0.15, 0.2) is 17.2 Å². The smallest absolute Gasteiger partial charge is 0.178 e. The van der Waals surface area contributed by atoms with Crippen molar-refractivity contribution in [3.8, 4) is 0 Å². The highest BCUT2D eigenvalue weighted by Crippen LogP contribution is 2.38. The molecule has 8 heteroatoms. The highest BCUT2D eigenvalue weighted by Gasteiger charge is 2.27.